The van der Waals surface area contributed by atoms with Gasteiger partial charge in [-0.2, -0.15) is 0 Å². The fourth-order valence-electron chi connectivity index (χ4n) is 2.63. The second kappa shape index (κ2) is 7.45. The van der Waals surface area contributed by atoms with Gasteiger partial charge in [-0.15, -0.1) is 0 Å². The van der Waals surface area contributed by atoms with E-state index in [-0.39, 0.29) is 13.2 Å². The predicted molar refractivity (Wildman–Crippen MR) is 69.2 cm³/mol. The van der Waals surface area contributed by atoms with Crippen LogP contribution in [0, 0.1) is 5.92 Å². The molecule has 10 nitrogen and oxygen atoms in total. The summed E-state index contributed by atoms with van der Waals surface area (Å²) < 4.78 is 10.5. The second-order valence-electron chi connectivity index (χ2n) is 5.58. The fraction of sp³-hybridized carbons (Fsp3) is 1.00. The minimum absolute atomic E-state index is 0.174. The van der Waals surface area contributed by atoms with Crippen molar-refractivity contribution in [2.24, 2.45) is 5.92 Å². The number of piperidine rings is 1. The lowest BCUT2D eigenvalue weighted by Gasteiger charge is -2.44. The molecule has 0 radical (unpaired) electrons. The number of nitrogens with one attached hydrogen (secondary N) is 1. The van der Waals surface area contributed by atoms with Crippen molar-refractivity contribution in [3.05, 3.63) is 0 Å². The first-order chi connectivity index (χ1) is 10.4. The highest BCUT2D eigenvalue weighted by molar-refractivity contribution is 4.92. The van der Waals surface area contributed by atoms with Gasteiger partial charge in [0.1, 0.15) is 36.7 Å². The lowest BCUT2D eigenvalue weighted by atomic mass is 9.93. The van der Waals surface area contributed by atoms with Gasteiger partial charge in [0.15, 0.2) is 6.29 Å². The van der Waals surface area contributed by atoms with Crippen molar-refractivity contribution in [2.45, 2.75) is 49.1 Å². The zero-order valence-electron chi connectivity index (χ0n) is 11.8. The monoisotopic (exact) mass is 325 g/mol. The maximum Gasteiger partial charge on any atom is 0.187 e. The van der Waals surface area contributed by atoms with Crippen molar-refractivity contribution in [1.29, 1.82) is 0 Å². The van der Waals surface area contributed by atoms with Crippen LogP contribution in [0.1, 0.15) is 0 Å². The fourth-order valence-corrected chi connectivity index (χ4v) is 2.63. The Kier molecular flexibility index (Phi) is 6.07. The van der Waals surface area contributed by atoms with Crippen molar-refractivity contribution in [2.75, 3.05) is 19.8 Å². The Balaban J connectivity index is 2.07. The average Bonchev–Trinajstić information content (AvgIpc) is 2.51. The van der Waals surface area contributed by atoms with E-state index >= 15 is 0 Å². The molecule has 0 saturated carbocycles. The maximum absolute atomic E-state index is 10.1. The maximum atomic E-state index is 10.1. The third-order valence-corrected chi connectivity index (χ3v) is 4.09. The van der Waals surface area contributed by atoms with E-state index in [0.717, 1.165) is 0 Å². The van der Waals surface area contributed by atoms with E-state index in [4.69, 9.17) is 19.7 Å². The van der Waals surface area contributed by atoms with Gasteiger partial charge < -0.3 is 45.2 Å². The highest BCUT2D eigenvalue weighted by Gasteiger charge is 2.47. The number of hydrogen-bond donors (Lipinski definition) is 8. The Hall–Kier alpha value is -0.400. The van der Waals surface area contributed by atoms with Crippen LogP contribution in [0.4, 0.5) is 0 Å². The van der Waals surface area contributed by atoms with Crippen LogP contribution < -0.4 is 5.32 Å². The number of ether oxygens (including phenoxy) is 2. The van der Waals surface area contributed by atoms with Gasteiger partial charge >= 0.3 is 0 Å². The van der Waals surface area contributed by atoms with Gasteiger partial charge in [0.2, 0.25) is 0 Å². The van der Waals surface area contributed by atoms with Crippen LogP contribution in [0.2, 0.25) is 0 Å². The quantitative estimate of drug-likeness (QED) is 0.250. The zero-order chi connectivity index (χ0) is 16.4. The van der Waals surface area contributed by atoms with Gasteiger partial charge in [-0.25, -0.2) is 0 Å². The number of hydrogen-bond acceptors (Lipinski definition) is 10. The molecule has 22 heavy (non-hydrogen) atoms. The molecule has 2 heterocycles. The van der Waals surface area contributed by atoms with Crippen LogP contribution in [-0.4, -0.2) is 105 Å². The summed E-state index contributed by atoms with van der Waals surface area (Å²) in [5, 5.41) is 70.0. The van der Waals surface area contributed by atoms with Crippen LogP contribution in [0.5, 0.6) is 0 Å². The summed E-state index contributed by atoms with van der Waals surface area (Å²) in [6.07, 6.45) is -11.1. The molecule has 10 heteroatoms. The van der Waals surface area contributed by atoms with Crippen molar-refractivity contribution in [3.8, 4) is 0 Å². The molecule has 0 aromatic carbocycles. The predicted octanol–water partition coefficient (Wildman–Crippen LogP) is -4.94. The van der Waals surface area contributed by atoms with Gasteiger partial charge in [-0.3, -0.25) is 5.32 Å². The summed E-state index contributed by atoms with van der Waals surface area (Å²) in [4.78, 5) is 0. The van der Waals surface area contributed by atoms with Crippen LogP contribution in [-0.2, 0) is 9.47 Å². The first-order valence-corrected chi connectivity index (χ1v) is 7.07. The lowest BCUT2D eigenvalue weighted by molar-refractivity contribution is -0.329. The van der Waals surface area contributed by atoms with Crippen LogP contribution in [0.3, 0.4) is 0 Å². The molecule has 0 aromatic rings. The molecule has 2 rings (SSSR count). The van der Waals surface area contributed by atoms with Crippen molar-refractivity contribution in [1.82, 2.24) is 5.32 Å². The topological polar surface area (TPSA) is 172 Å². The van der Waals surface area contributed by atoms with Crippen LogP contribution in [0.25, 0.3) is 0 Å². The lowest BCUT2D eigenvalue weighted by Crippen LogP contribution is -2.64. The minimum atomic E-state index is -1.63. The summed E-state index contributed by atoms with van der Waals surface area (Å²) in [7, 11) is 0. The summed E-state index contributed by atoms with van der Waals surface area (Å²) in [5.41, 5.74) is 0. The van der Waals surface area contributed by atoms with E-state index in [1.54, 1.807) is 0 Å². The molecule has 2 aliphatic heterocycles. The van der Waals surface area contributed by atoms with E-state index < -0.39 is 61.7 Å². The van der Waals surface area contributed by atoms with E-state index in [9.17, 15) is 25.5 Å². The Bertz CT molecular complexity index is 357. The first-order valence-electron chi connectivity index (χ1n) is 7.07. The first kappa shape index (κ1) is 17.9. The number of aliphatic hydroxyl groups is 7. The van der Waals surface area contributed by atoms with Crippen LogP contribution in [0.15, 0.2) is 0 Å². The molecule has 0 amide bonds. The van der Waals surface area contributed by atoms with E-state index in [0.29, 0.717) is 0 Å². The molecule has 0 aliphatic carbocycles. The molecular weight excluding hydrogens is 302 g/mol. The molecule has 8 N–H and O–H groups in total. The van der Waals surface area contributed by atoms with E-state index in [1.165, 1.54) is 0 Å². The molecule has 9 atom stereocenters. The third-order valence-electron chi connectivity index (χ3n) is 4.09. The van der Waals surface area contributed by atoms with Gasteiger partial charge in [0, 0.05) is 19.1 Å². The van der Waals surface area contributed by atoms with Crippen molar-refractivity contribution >= 4 is 0 Å². The van der Waals surface area contributed by atoms with Crippen molar-refractivity contribution in [3.63, 3.8) is 0 Å². The van der Waals surface area contributed by atoms with Crippen LogP contribution >= 0.6 is 0 Å². The normalized spacial score (nSPS) is 50.0. The molecule has 130 valence electrons. The van der Waals surface area contributed by atoms with Gasteiger partial charge in [0.05, 0.1) is 12.7 Å². The summed E-state index contributed by atoms with van der Waals surface area (Å²) in [6.45, 7) is -0.777. The molecular formula is C12H23NO9. The molecule has 0 spiro atoms. The van der Waals surface area contributed by atoms with Gasteiger partial charge in [-0.05, 0) is 0 Å². The average molecular weight is 325 g/mol. The number of rotatable bonds is 4. The SMILES string of the molecule is OC[C@H]1CN[C@H](O)[C@@H](O[C@@H]2O[C@H](CO)[C@@H](O)[C@H](O)[C@H]2O)[C@@H]1O. The summed E-state index contributed by atoms with van der Waals surface area (Å²) >= 11 is 0. The van der Waals surface area contributed by atoms with Crippen molar-refractivity contribution < 1.29 is 45.2 Å². The molecule has 2 saturated heterocycles. The Morgan fingerprint density at radius 1 is 0.909 bits per heavy atom. The zero-order valence-corrected chi connectivity index (χ0v) is 11.8. The molecule has 0 bridgehead atoms. The largest absolute Gasteiger partial charge is 0.396 e. The Labute approximate surface area is 126 Å². The standard InChI is InChI=1S/C12H23NO9/c14-2-4-1-13-11(20)10(6(4)16)22-12-9(19)8(18)7(17)5(3-15)21-12/h4-20H,1-3H2/t4-,5-,6-,7-,8+,9-,10+,11-,12+/m1/s1. The highest BCUT2D eigenvalue weighted by atomic mass is 16.7. The molecule has 0 aromatic heterocycles. The molecule has 2 fully saturated rings. The summed E-state index contributed by atoms with van der Waals surface area (Å²) in [5.74, 6) is -0.585. The Morgan fingerprint density at radius 2 is 1.59 bits per heavy atom. The molecule has 0 unspecified atom stereocenters. The second-order valence-corrected chi connectivity index (χ2v) is 5.58. The minimum Gasteiger partial charge on any atom is -0.396 e. The highest BCUT2D eigenvalue weighted by Crippen LogP contribution is 2.26. The van der Waals surface area contributed by atoms with E-state index in [2.05, 4.69) is 5.32 Å². The van der Waals surface area contributed by atoms with E-state index in [1.807, 2.05) is 0 Å². The van der Waals surface area contributed by atoms with Gasteiger partial charge in [-0.1, -0.05) is 0 Å². The smallest absolute Gasteiger partial charge is 0.187 e. The summed E-state index contributed by atoms with van der Waals surface area (Å²) in [6, 6.07) is 0. The number of aliphatic hydroxyl groups excluding tert-OH is 7. The molecule has 2 aliphatic rings. The Morgan fingerprint density at radius 3 is 2.18 bits per heavy atom. The van der Waals surface area contributed by atoms with Gasteiger partial charge in [0.25, 0.3) is 0 Å². The third kappa shape index (κ3) is 3.41.